The van der Waals surface area contributed by atoms with Gasteiger partial charge in [0, 0.05) is 25.3 Å². The summed E-state index contributed by atoms with van der Waals surface area (Å²) in [6.07, 6.45) is 0. The van der Waals surface area contributed by atoms with E-state index in [4.69, 9.17) is 4.74 Å². The van der Waals surface area contributed by atoms with Crippen molar-refractivity contribution in [2.24, 2.45) is 0 Å². The number of aromatic amines is 1. The highest BCUT2D eigenvalue weighted by atomic mass is 19.1. The number of halogens is 1. The Morgan fingerprint density at radius 2 is 1.57 bits per heavy atom. The lowest BCUT2D eigenvalue weighted by molar-refractivity contribution is 0.482. The van der Waals surface area contributed by atoms with Gasteiger partial charge in [0.2, 0.25) is 5.95 Å². The molecule has 0 aliphatic rings. The van der Waals surface area contributed by atoms with E-state index in [2.05, 4.69) is 21.8 Å². The standard InChI is InChI=1S/C23H18FN3O/c1-27(2)18-7-11-20(12-8-18)28-19-9-4-16(5-10-19)3-6-17-15-22-21(25-17)13-14-23(24)26-22/h4-5,7-15,25H,1-2H3. The van der Waals surface area contributed by atoms with Crippen molar-refractivity contribution in [1.82, 2.24) is 9.97 Å². The Morgan fingerprint density at radius 3 is 2.25 bits per heavy atom. The van der Waals surface area contributed by atoms with Gasteiger partial charge in [-0.3, -0.25) is 0 Å². The number of H-pyrrole nitrogens is 1. The zero-order valence-electron chi connectivity index (χ0n) is 15.5. The van der Waals surface area contributed by atoms with E-state index in [1.165, 1.54) is 6.07 Å². The van der Waals surface area contributed by atoms with Crippen LogP contribution in [-0.4, -0.2) is 24.1 Å². The molecule has 28 heavy (non-hydrogen) atoms. The number of hydrogen-bond donors (Lipinski definition) is 1. The summed E-state index contributed by atoms with van der Waals surface area (Å²) in [5.74, 6) is 7.15. The lowest BCUT2D eigenvalue weighted by Crippen LogP contribution is -2.07. The summed E-state index contributed by atoms with van der Waals surface area (Å²) >= 11 is 0. The van der Waals surface area contributed by atoms with Crippen LogP contribution in [0.5, 0.6) is 11.5 Å². The van der Waals surface area contributed by atoms with Crippen LogP contribution in [0, 0.1) is 17.8 Å². The van der Waals surface area contributed by atoms with E-state index < -0.39 is 5.95 Å². The van der Waals surface area contributed by atoms with Gasteiger partial charge in [0.15, 0.2) is 0 Å². The Balaban J connectivity index is 1.46. The van der Waals surface area contributed by atoms with Crippen molar-refractivity contribution < 1.29 is 9.13 Å². The van der Waals surface area contributed by atoms with Crippen molar-refractivity contribution in [2.45, 2.75) is 0 Å². The molecule has 2 heterocycles. The van der Waals surface area contributed by atoms with Crippen LogP contribution in [0.25, 0.3) is 11.0 Å². The molecule has 4 nitrogen and oxygen atoms in total. The van der Waals surface area contributed by atoms with Gasteiger partial charge in [-0.25, -0.2) is 4.98 Å². The number of benzene rings is 2. The Labute approximate surface area is 162 Å². The normalized spacial score (nSPS) is 10.4. The number of ether oxygens (including phenoxy) is 1. The number of fused-ring (bicyclic) bond motifs is 1. The summed E-state index contributed by atoms with van der Waals surface area (Å²) in [5.41, 5.74) is 3.98. The summed E-state index contributed by atoms with van der Waals surface area (Å²) in [4.78, 5) is 8.99. The Hall–Kier alpha value is -3.78. The fraction of sp³-hybridized carbons (Fsp3) is 0.0870. The first-order valence-corrected chi connectivity index (χ1v) is 8.79. The highest BCUT2D eigenvalue weighted by Gasteiger charge is 2.02. The van der Waals surface area contributed by atoms with Gasteiger partial charge >= 0.3 is 0 Å². The van der Waals surface area contributed by atoms with Gasteiger partial charge in [-0.05, 0) is 72.7 Å². The molecular formula is C23H18FN3O. The predicted octanol–water partition coefficient (Wildman–Crippen LogP) is 4.96. The minimum Gasteiger partial charge on any atom is -0.457 e. The molecule has 2 aromatic heterocycles. The summed E-state index contributed by atoms with van der Waals surface area (Å²) in [6.45, 7) is 0. The van der Waals surface area contributed by atoms with E-state index in [0.29, 0.717) is 11.2 Å². The number of nitrogens with zero attached hydrogens (tertiary/aromatic N) is 2. The van der Waals surface area contributed by atoms with Crippen molar-refractivity contribution in [1.29, 1.82) is 0 Å². The number of aromatic nitrogens is 2. The minimum atomic E-state index is -0.502. The maximum absolute atomic E-state index is 13.2. The molecule has 0 saturated heterocycles. The quantitative estimate of drug-likeness (QED) is 0.409. The zero-order valence-corrected chi connectivity index (χ0v) is 15.5. The molecular weight excluding hydrogens is 353 g/mol. The third kappa shape index (κ3) is 3.97. The molecule has 4 aromatic rings. The molecule has 0 radical (unpaired) electrons. The van der Waals surface area contributed by atoms with Gasteiger partial charge in [-0.15, -0.1) is 0 Å². The SMILES string of the molecule is CN(C)c1ccc(Oc2ccc(C#Cc3cc4nc(F)ccc4[nH]3)cc2)cc1. The fourth-order valence-corrected chi connectivity index (χ4v) is 2.75. The lowest BCUT2D eigenvalue weighted by atomic mass is 10.2. The van der Waals surface area contributed by atoms with Crippen molar-refractivity contribution >= 4 is 16.7 Å². The fourth-order valence-electron chi connectivity index (χ4n) is 2.75. The average Bonchev–Trinajstić information content (AvgIpc) is 3.10. The molecule has 0 bridgehead atoms. The number of pyridine rings is 1. The Bertz CT molecular complexity index is 1170. The number of hydrogen-bond acceptors (Lipinski definition) is 3. The number of rotatable bonds is 3. The molecule has 5 heteroatoms. The molecule has 0 aliphatic heterocycles. The molecule has 138 valence electrons. The minimum absolute atomic E-state index is 0.502. The number of nitrogens with one attached hydrogen (secondary N) is 1. The third-order valence-corrected chi connectivity index (χ3v) is 4.23. The van der Waals surface area contributed by atoms with Crippen LogP contribution in [0.1, 0.15) is 11.3 Å². The lowest BCUT2D eigenvalue weighted by Gasteiger charge is -2.13. The van der Waals surface area contributed by atoms with Gasteiger partial charge in [0.1, 0.15) is 11.5 Å². The van der Waals surface area contributed by atoms with Crippen molar-refractivity contribution in [3.8, 4) is 23.3 Å². The van der Waals surface area contributed by atoms with Crippen LogP contribution in [-0.2, 0) is 0 Å². The van der Waals surface area contributed by atoms with Crippen LogP contribution in [0.15, 0.2) is 66.7 Å². The smallest absolute Gasteiger partial charge is 0.213 e. The Morgan fingerprint density at radius 1 is 0.893 bits per heavy atom. The zero-order chi connectivity index (χ0) is 19.5. The first-order chi connectivity index (χ1) is 13.6. The first-order valence-electron chi connectivity index (χ1n) is 8.79. The van der Waals surface area contributed by atoms with Gasteiger partial charge in [-0.2, -0.15) is 4.39 Å². The summed E-state index contributed by atoms with van der Waals surface area (Å²) in [7, 11) is 4.00. The third-order valence-electron chi connectivity index (χ3n) is 4.23. The van der Waals surface area contributed by atoms with Gasteiger partial charge < -0.3 is 14.6 Å². The average molecular weight is 371 g/mol. The van der Waals surface area contributed by atoms with E-state index in [1.54, 1.807) is 12.1 Å². The monoisotopic (exact) mass is 371 g/mol. The van der Waals surface area contributed by atoms with Crippen LogP contribution < -0.4 is 9.64 Å². The van der Waals surface area contributed by atoms with Crippen LogP contribution in [0.4, 0.5) is 10.1 Å². The van der Waals surface area contributed by atoms with Crippen molar-refractivity contribution in [3.05, 3.63) is 83.9 Å². The maximum Gasteiger partial charge on any atom is 0.213 e. The van der Waals surface area contributed by atoms with Crippen LogP contribution >= 0.6 is 0 Å². The molecule has 0 amide bonds. The molecule has 4 rings (SSSR count). The molecule has 0 saturated carbocycles. The largest absolute Gasteiger partial charge is 0.457 e. The van der Waals surface area contributed by atoms with E-state index in [0.717, 1.165) is 28.3 Å². The second kappa shape index (κ2) is 7.45. The molecule has 2 aromatic carbocycles. The van der Waals surface area contributed by atoms with E-state index >= 15 is 0 Å². The van der Waals surface area contributed by atoms with Gasteiger partial charge in [0.25, 0.3) is 0 Å². The van der Waals surface area contributed by atoms with Gasteiger partial charge in [0.05, 0.1) is 16.7 Å². The maximum atomic E-state index is 13.2. The van der Waals surface area contributed by atoms with Crippen molar-refractivity contribution in [2.75, 3.05) is 19.0 Å². The molecule has 0 fully saturated rings. The number of anilines is 1. The van der Waals surface area contributed by atoms with E-state index in [1.807, 2.05) is 67.5 Å². The van der Waals surface area contributed by atoms with Crippen LogP contribution in [0.3, 0.4) is 0 Å². The van der Waals surface area contributed by atoms with Crippen LogP contribution in [0.2, 0.25) is 0 Å². The highest BCUT2D eigenvalue weighted by Crippen LogP contribution is 2.24. The summed E-state index contributed by atoms with van der Waals surface area (Å²) in [5, 5.41) is 0. The van der Waals surface area contributed by atoms with E-state index in [9.17, 15) is 4.39 Å². The first kappa shape index (κ1) is 17.6. The summed E-state index contributed by atoms with van der Waals surface area (Å²) in [6, 6.07) is 20.2. The molecule has 0 aliphatic carbocycles. The van der Waals surface area contributed by atoms with E-state index in [-0.39, 0.29) is 0 Å². The molecule has 1 N–H and O–H groups in total. The topological polar surface area (TPSA) is 41.1 Å². The molecule has 0 spiro atoms. The predicted molar refractivity (Wildman–Crippen MR) is 109 cm³/mol. The summed E-state index contributed by atoms with van der Waals surface area (Å²) < 4.78 is 19.0. The molecule has 0 unspecified atom stereocenters. The highest BCUT2D eigenvalue weighted by molar-refractivity contribution is 5.77. The van der Waals surface area contributed by atoms with Gasteiger partial charge in [-0.1, -0.05) is 5.92 Å². The molecule has 0 atom stereocenters. The second-order valence-corrected chi connectivity index (χ2v) is 6.51. The second-order valence-electron chi connectivity index (χ2n) is 6.51. The Kier molecular flexibility index (Phi) is 4.69. The van der Waals surface area contributed by atoms with Crippen molar-refractivity contribution in [3.63, 3.8) is 0 Å².